The second-order valence-corrected chi connectivity index (χ2v) is 5.10. The molecule has 0 saturated carbocycles. The van der Waals surface area contributed by atoms with Crippen LogP contribution in [0.5, 0.6) is 0 Å². The Balaban J connectivity index is 2.27. The molecule has 16 heavy (non-hydrogen) atoms. The van der Waals surface area contributed by atoms with Crippen LogP contribution in [0.15, 0.2) is 0 Å². The molecule has 0 aromatic carbocycles. The zero-order valence-electron chi connectivity index (χ0n) is 10.6. The molecule has 1 aliphatic heterocycles. The van der Waals surface area contributed by atoms with E-state index in [1.165, 1.54) is 0 Å². The van der Waals surface area contributed by atoms with E-state index in [2.05, 4.69) is 13.8 Å². The smallest absolute Gasteiger partial charge is 0.222 e. The molecule has 94 valence electrons. The van der Waals surface area contributed by atoms with Crippen molar-refractivity contribution in [1.82, 2.24) is 4.90 Å². The van der Waals surface area contributed by atoms with Gasteiger partial charge >= 0.3 is 0 Å². The van der Waals surface area contributed by atoms with Gasteiger partial charge in [0.15, 0.2) is 0 Å². The van der Waals surface area contributed by atoms with Crippen molar-refractivity contribution in [2.45, 2.75) is 46.0 Å². The monoisotopic (exact) mass is 227 g/mol. The van der Waals surface area contributed by atoms with Crippen LogP contribution in [0.4, 0.5) is 0 Å². The molecular weight excluding hydrogens is 202 g/mol. The zero-order valence-corrected chi connectivity index (χ0v) is 10.6. The number of amides is 1. The molecule has 0 aliphatic carbocycles. The first-order valence-corrected chi connectivity index (χ1v) is 6.56. The Morgan fingerprint density at radius 1 is 1.44 bits per heavy atom. The van der Waals surface area contributed by atoms with Gasteiger partial charge < -0.3 is 10.0 Å². The van der Waals surface area contributed by atoms with Crippen molar-refractivity contribution in [1.29, 1.82) is 0 Å². The van der Waals surface area contributed by atoms with Crippen molar-refractivity contribution in [3.8, 4) is 0 Å². The maximum Gasteiger partial charge on any atom is 0.222 e. The molecule has 1 unspecified atom stereocenters. The third-order valence-corrected chi connectivity index (χ3v) is 3.53. The average Bonchev–Trinajstić information content (AvgIpc) is 2.29. The molecule has 1 N–H and O–H groups in total. The normalized spacial score (nSPS) is 19.8. The molecule has 1 amide bonds. The van der Waals surface area contributed by atoms with E-state index in [0.717, 1.165) is 38.8 Å². The van der Waals surface area contributed by atoms with Gasteiger partial charge in [-0.25, -0.2) is 0 Å². The minimum absolute atomic E-state index is 0.272. The number of hydrogen-bond acceptors (Lipinski definition) is 2. The highest BCUT2D eigenvalue weighted by Gasteiger charge is 2.22. The molecule has 0 bridgehead atoms. The van der Waals surface area contributed by atoms with Gasteiger partial charge in [-0.15, -0.1) is 0 Å². The van der Waals surface area contributed by atoms with E-state index in [1.807, 2.05) is 4.90 Å². The molecule has 1 rings (SSSR count). The number of nitrogens with zero attached hydrogens (tertiary/aromatic N) is 1. The lowest BCUT2D eigenvalue weighted by Crippen LogP contribution is -2.39. The van der Waals surface area contributed by atoms with Crippen LogP contribution in [-0.4, -0.2) is 35.6 Å². The summed E-state index contributed by atoms with van der Waals surface area (Å²) in [6, 6.07) is 0. The maximum atomic E-state index is 11.9. The first-order valence-electron chi connectivity index (χ1n) is 6.56. The van der Waals surface area contributed by atoms with Crippen LogP contribution >= 0.6 is 0 Å². The molecule has 0 aromatic rings. The summed E-state index contributed by atoms with van der Waals surface area (Å²) >= 11 is 0. The molecule has 0 aromatic heterocycles. The van der Waals surface area contributed by atoms with Crippen LogP contribution in [0, 0.1) is 11.8 Å². The zero-order chi connectivity index (χ0) is 12.0. The standard InChI is InChI=1S/C13H25NO2/c1-3-4-11(2)9-13(16)14-7-5-12(10-15)6-8-14/h11-12,15H,3-10H2,1-2H3. The third kappa shape index (κ3) is 4.12. The van der Waals surface area contributed by atoms with Crippen LogP contribution in [-0.2, 0) is 4.79 Å². The van der Waals surface area contributed by atoms with E-state index >= 15 is 0 Å². The summed E-state index contributed by atoms with van der Waals surface area (Å²) in [5.74, 6) is 1.22. The van der Waals surface area contributed by atoms with Gasteiger partial charge in [0, 0.05) is 26.1 Å². The number of carbonyl (C=O) groups is 1. The van der Waals surface area contributed by atoms with Crippen LogP contribution in [0.1, 0.15) is 46.0 Å². The summed E-state index contributed by atoms with van der Waals surface area (Å²) in [5, 5.41) is 9.03. The van der Waals surface area contributed by atoms with Crippen LogP contribution in [0.3, 0.4) is 0 Å². The highest BCUT2D eigenvalue weighted by Crippen LogP contribution is 2.19. The number of likely N-dealkylation sites (tertiary alicyclic amines) is 1. The summed E-state index contributed by atoms with van der Waals surface area (Å²) in [6.45, 7) is 6.26. The van der Waals surface area contributed by atoms with Gasteiger partial charge in [0.1, 0.15) is 0 Å². The molecular formula is C13H25NO2. The van der Waals surface area contributed by atoms with Crippen molar-refractivity contribution >= 4 is 5.91 Å². The molecule has 3 heteroatoms. The highest BCUT2D eigenvalue weighted by atomic mass is 16.3. The van der Waals surface area contributed by atoms with E-state index in [1.54, 1.807) is 0 Å². The minimum Gasteiger partial charge on any atom is -0.396 e. The molecule has 1 heterocycles. The predicted octanol–water partition coefficient (Wildman–Crippen LogP) is 2.04. The summed E-state index contributed by atoms with van der Waals surface area (Å²) in [6.07, 6.45) is 4.91. The topological polar surface area (TPSA) is 40.5 Å². The van der Waals surface area contributed by atoms with Gasteiger partial charge in [-0.05, 0) is 24.7 Å². The lowest BCUT2D eigenvalue weighted by molar-refractivity contribution is -0.133. The quantitative estimate of drug-likeness (QED) is 0.781. The third-order valence-electron chi connectivity index (χ3n) is 3.53. The number of aliphatic hydroxyl groups is 1. The van der Waals surface area contributed by atoms with Crippen molar-refractivity contribution in [2.75, 3.05) is 19.7 Å². The van der Waals surface area contributed by atoms with Gasteiger partial charge in [-0.2, -0.15) is 0 Å². The molecule has 0 spiro atoms. The van der Waals surface area contributed by atoms with Crippen molar-refractivity contribution < 1.29 is 9.90 Å². The van der Waals surface area contributed by atoms with Crippen molar-refractivity contribution in [3.63, 3.8) is 0 Å². The first-order chi connectivity index (χ1) is 7.67. The van der Waals surface area contributed by atoms with Crippen molar-refractivity contribution in [2.24, 2.45) is 11.8 Å². The fourth-order valence-electron chi connectivity index (χ4n) is 2.39. The predicted molar refractivity (Wildman–Crippen MR) is 65.1 cm³/mol. The number of rotatable bonds is 5. The van der Waals surface area contributed by atoms with Gasteiger partial charge in [0.05, 0.1) is 0 Å². The molecule has 0 radical (unpaired) electrons. The lowest BCUT2D eigenvalue weighted by Gasteiger charge is -2.31. The Hall–Kier alpha value is -0.570. The molecule has 1 fully saturated rings. The Labute approximate surface area is 98.8 Å². The summed E-state index contributed by atoms with van der Waals surface area (Å²) in [7, 11) is 0. The largest absolute Gasteiger partial charge is 0.396 e. The number of piperidine rings is 1. The molecule has 3 nitrogen and oxygen atoms in total. The number of hydrogen-bond donors (Lipinski definition) is 1. The average molecular weight is 227 g/mol. The highest BCUT2D eigenvalue weighted by molar-refractivity contribution is 5.76. The van der Waals surface area contributed by atoms with Crippen molar-refractivity contribution in [3.05, 3.63) is 0 Å². The lowest BCUT2D eigenvalue weighted by atomic mass is 9.96. The van der Waals surface area contributed by atoms with E-state index in [9.17, 15) is 4.79 Å². The molecule has 1 atom stereocenters. The number of aliphatic hydroxyl groups excluding tert-OH is 1. The second kappa shape index (κ2) is 6.89. The fraction of sp³-hybridized carbons (Fsp3) is 0.923. The Bertz CT molecular complexity index is 210. The van der Waals surface area contributed by atoms with Crippen LogP contribution in [0.25, 0.3) is 0 Å². The summed E-state index contributed by atoms with van der Waals surface area (Å²) in [4.78, 5) is 13.9. The second-order valence-electron chi connectivity index (χ2n) is 5.10. The van der Waals surface area contributed by atoms with Crippen LogP contribution in [0.2, 0.25) is 0 Å². The van der Waals surface area contributed by atoms with Gasteiger partial charge in [-0.3, -0.25) is 4.79 Å². The van der Waals surface area contributed by atoms with Gasteiger partial charge in [0.2, 0.25) is 5.91 Å². The molecule has 1 aliphatic rings. The Morgan fingerprint density at radius 2 is 2.06 bits per heavy atom. The minimum atomic E-state index is 0.272. The fourth-order valence-corrected chi connectivity index (χ4v) is 2.39. The van der Waals surface area contributed by atoms with Crippen LogP contribution < -0.4 is 0 Å². The first kappa shape index (κ1) is 13.5. The van der Waals surface area contributed by atoms with E-state index in [-0.39, 0.29) is 6.61 Å². The summed E-state index contributed by atoms with van der Waals surface area (Å²) < 4.78 is 0. The Morgan fingerprint density at radius 3 is 2.56 bits per heavy atom. The van der Waals surface area contributed by atoms with Gasteiger partial charge in [0.25, 0.3) is 0 Å². The number of carbonyl (C=O) groups excluding carboxylic acids is 1. The van der Waals surface area contributed by atoms with E-state index in [4.69, 9.17) is 5.11 Å². The summed E-state index contributed by atoms with van der Waals surface area (Å²) in [5.41, 5.74) is 0. The van der Waals surface area contributed by atoms with Gasteiger partial charge in [-0.1, -0.05) is 26.7 Å². The SMILES string of the molecule is CCCC(C)CC(=O)N1CCC(CO)CC1. The Kier molecular flexibility index (Phi) is 5.81. The van der Waals surface area contributed by atoms with E-state index in [0.29, 0.717) is 24.2 Å². The molecule has 1 saturated heterocycles. The maximum absolute atomic E-state index is 11.9. The van der Waals surface area contributed by atoms with E-state index < -0.39 is 0 Å².